The van der Waals surface area contributed by atoms with Gasteiger partial charge in [0.05, 0.1) is 5.69 Å². The molecule has 1 heterocycles. The van der Waals surface area contributed by atoms with E-state index in [4.69, 9.17) is 4.74 Å². The van der Waals surface area contributed by atoms with Gasteiger partial charge in [-0.15, -0.1) is 5.10 Å². The van der Waals surface area contributed by atoms with E-state index in [1.807, 2.05) is 0 Å². The fourth-order valence-electron chi connectivity index (χ4n) is 1.35. The van der Waals surface area contributed by atoms with Crippen molar-refractivity contribution in [2.75, 3.05) is 11.9 Å². The van der Waals surface area contributed by atoms with Crippen LogP contribution in [0.15, 0.2) is 29.0 Å². The summed E-state index contributed by atoms with van der Waals surface area (Å²) in [5, 5.41) is 12.4. The summed E-state index contributed by atoms with van der Waals surface area (Å²) in [7, 11) is 0. The normalized spacial score (nSPS) is 10.2. The van der Waals surface area contributed by atoms with Crippen LogP contribution in [-0.2, 0) is 20.9 Å². The van der Waals surface area contributed by atoms with Gasteiger partial charge in [-0.3, -0.25) is 9.59 Å². The van der Waals surface area contributed by atoms with Crippen molar-refractivity contribution in [2.45, 2.75) is 6.54 Å². The molecule has 0 aliphatic rings. The van der Waals surface area contributed by atoms with Crippen molar-refractivity contribution >= 4 is 33.5 Å². The van der Waals surface area contributed by atoms with Crippen LogP contribution < -0.4 is 5.32 Å². The van der Waals surface area contributed by atoms with E-state index in [0.717, 1.165) is 4.68 Å². The maximum atomic E-state index is 13.5. The molecule has 110 valence electrons. The second kappa shape index (κ2) is 6.88. The third kappa shape index (κ3) is 4.60. The number of carbonyl (C=O) groups is 2. The lowest BCUT2D eigenvalue weighted by molar-refractivity contribution is -0.148. The highest BCUT2D eigenvalue weighted by molar-refractivity contribution is 9.10. The molecule has 1 aromatic heterocycles. The fraction of sp³-hybridized carbons (Fsp3) is 0.182. The average Bonchev–Trinajstić information content (AvgIpc) is 2.92. The van der Waals surface area contributed by atoms with Crippen LogP contribution in [0, 0.1) is 5.82 Å². The van der Waals surface area contributed by atoms with Crippen molar-refractivity contribution in [3.63, 3.8) is 0 Å². The molecular formula is C11H9BrFN5O3. The molecule has 0 atom stereocenters. The van der Waals surface area contributed by atoms with Crippen LogP contribution in [0.4, 0.5) is 10.1 Å². The second-order valence-corrected chi connectivity index (χ2v) is 4.76. The molecule has 0 saturated heterocycles. The lowest BCUT2D eigenvalue weighted by Gasteiger charge is -2.07. The van der Waals surface area contributed by atoms with Crippen LogP contribution in [0.2, 0.25) is 0 Å². The molecule has 2 aromatic rings. The fourth-order valence-corrected chi connectivity index (χ4v) is 1.69. The topological polar surface area (TPSA) is 99.0 Å². The van der Waals surface area contributed by atoms with Gasteiger partial charge in [0.15, 0.2) is 6.61 Å². The maximum absolute atomic E-state index is 13.5. The standard InChI is InChI=1S/C11H9BrFN5O3/c12-7-1-2-9(8(13)3-7)15-10(19)5-21-11(20)4-18-6-14-16-17-18/h1-3,6H,4-5H2,(H,15,19). The Labute approximate surface area is 126 Å². The van der Waals surface area contributed by atoms with Crippen molar-refractivity contribution in [3.8, 4) is 0 Å². The molecule has 0 spiro atoms. The number of amides is 1. The molecule has 1 amide bonds. The number of benzene rings is 1. The summed E-state index contributed by atoms with van der Waals surface area (Å²) in [6.07, 6.45) is 1.23. The number of nitrogens with one attached hydrogen (secondary N) is 1. The van der Waals surface area contributed by atoms with Crippen LogP contribution in [0.5, 0.6) is 0 Å². The van der Waals surface area contributed by atoms with E-state index in [0.29, 0.717) is 4.47 Å². The van der Waals surface area contributed by atoms with Crippen LogP contribution in [-0.4, -0.2) is 38.7 Å². The zero-order chi connectivity index (χ0) is 15.2. The quantitative estimate of drug-likeness (QED) is 0.793. The first kappa shape index (κ1) is 15.0. The van der Waals surface area contributed by atoms with E-state index in [1.165, 1.54) is 18.5 Å². The summed E-state index contributed by atoms with van der Waals surface area (Å²) in [5.41, 5.74) is -0.000254. The molecule has 10 heteroatoms. The van der Waals surface area contributed by atoms with Gasteiger partial charge in [-0.05, 0) is 28.6 Å². The van der Waals surface area contributed by atoms with Crippen molar-refractivity contribution < 1.29 is 18.7 Å². The number of rotatable bonds is 5. The number of hydrogen-bond acceptors (Lipinski definition) is 6. The Morgan fingerprint density at radius 1 is 1.43 bits per heavy atom. The summed E-state index contributed by atoms with van der Waals surface area (Å²) in [4.78, 5) is 22.9. The van der Waals surface area contributed by atoms with Gasteiger partial charge in [0.2, 0.25) is 0 Å². The number of ether oxygens (including phenoxy) is 1. The van der Waals surface area contributed by atoms with E-state index in [1.54, 1.807) is 6.07 Å². The second-order valence-electron chi connectivity index (χ2n) is 3.84. The Balaban J connectivity index is 1.80. The molecule has 2 rings (SSSR count). The molecule has 1 N–H and O–H groups in total. The number of anilines is 1. The predicted octanol–water partition coefficient (Wildman–Crippen LogP) is 0.757. The predicted molar refractivity (Wildman–Crippen MR) is 71.5 cm³/mol. The van der Waals surface area contributed by atoms with Gasteiger partial charge < -0.3 is 10.1 Å². The summed E-state index contributed by atoms with van der Waals surface area (Å²) in [5.74, 6) is -1.94. The van der Waals surface area contributed by atoms with Gasteiger partial charge in [-0.1, -0.05) is 15.9 Å². The lowest BCUT2D eigenvalue weighted by atomic mass is 10.3. The molecule has 0 saturated carbocycles. The largest absolute Gasteiger partial charge is 0.454 e. The Kier molecular flexibility index (Phi) is 4.93. The number of halogens is 2. The SMILES string of the molecule is O=C(COC(=O)Cn1cnnn1)Nc1ccc(Br)cc1F. The Bertz CT molecular complexity index is 649. The minimum absolute atomic E-state index is 0.000254. The average molecular weight is 358 g/mol. The Morgan fingerprint density at radius 3 is 2.90 bits per heavy atom. The van der Waals surface area contributed by atoms with Crippen molar-refractivity contribution in [2.24, 2.45) is 0 Å². The van der Waals surface area contributed by atoms with Crippen molar-refractivity contribution in [1.82, 2.24) is 20.2 Å². The number of aromatic nitrogens is 4. The van der Waals surface area contributed by atoms with Gasteiger partial charge in [-0.25, -0.2) is 9.07 Å². The molecule has 0 fully saturated rings. The first-order valence-corrected chi connectivity index (χ1v) is 6.45. The highest BCUT2D eigenvalue weighted by Crippen LogP contribution is 2.19. The van der Waals surface area contributed by atoms with Crippen LogP contribution in [0.3, 0.4) is 0 Å². The van der Waals surface area contributed by atoms with Crippen molar-refractivity contribution in [1.29, 1.82) is 0 Å². The van der Waals surface area contributed by atoms with Crippen LogP contribution >= 0.6 is 15.9 Å². The summed E-state index contributed by atoms with van der Waals surface area (Å²) in [6.45, 7) is -0.747. The van der Waals surface area contributed by atoms with Gasteiger partial charge in [0.25, 0.3) is 5.91 Å². The van der Waals surface area contributed by atoms with Gasteiger partial charge in [0, 0.05) is 4.47 Å². The number of esters is 1. The van der Waals surface area contributed by atoms with E-state index >= 15 is 0 Å². The van der Waals surface area contributed by atoms with Gasteiger partial charge >= 0.3 is 5.97 Å². The summed E-state index contributed by atoms with van der Waals surface area (Å²) >= 11 is 3.10. The van der Waals surface area contributed by atoms with E-state index in [9.17, 15) is 14.0 Å². The number of tetrazole rings is 1. The molecule has 0 radical (unpaired) electrons. The smallest absolute Gasteiger partial charge is 0.328 e. The summed E-state index contributed by atoms with van der Waals surface area (Å²) < 4.78 is 19.9. The zero-order valence-corrected chi connectivity index (χ0v) is 12.1. The first-order chi connectivity index (χ1) is 10.0. The summed E-state index contributed by atoms with van der Waals surface area (Å²) in [6, 6.07) is 4.17. The third-order valence-corrected chi connectivity index (χ3v) is 2.75. The molecule has 0 bridgehead atoms. The van der Waals surface area contributed by atoms with E-state index in [2.05, 4.69) is 36.8 Å². The van der Waals surface area contributed by atoms with E-state index in [-0.39, 0.29) is 12.2 Å². The van der Waals surface area contributed by atoms with Crippen molar-refractivity contribution in [3.05, 3.63) is 34.8 Å². The third-order valence-electron chi connectivity index (χ3n) is 2.25. The minimum atomic E-state index is -0.686. The van der Waals surface area contributed by atoms with Gasteiger partial charge in [0.1, 0.15) is 18.7 Å². The van der Waals surface area contributed by atoms with Crippen LogP contribution in [0.25, 0.3) is 0 Å². The zero-order valence-electron chi connectivity index (χ0n) is 10.5. The monoisotopic (exact) mass is 357 g/mol. The molecule has 0 unspecified atom stereocenters. The van der Waals surface area contributed by atoms with Crippen LogP contribution in [0.1, 0.15) is 0 Å². The first-order valence-electron chi connectivity index (χ1n) is 5.66. The van der Waals surface area contributed by atoms with E-state index < -0.39 is 24.3 Å². The van der Waals surface area contributed by atoms with Gasteiger partial charge in [-0.2, -0.15) is 0 Å². The molecule has 0 aliphatic heterocycles. The minimum Gasteiger partial charge on any atom is -0.454 e. The maximum Gasteiger partial charge on any atom is 0.328 e. The lowest BCUT2D eigenvalue weighted by Crippen LogP contribution is -2.23. The number of carbonyl (C=O) groups excluding carboxylic acids is 2. The highest BCUT2D eigenvalue weighted by Gasteiger charge is 2.11. The molecule has 0 aliphatic carbocycles. The Morgan fingerprint density at radius 2 is 2.24 bits per heavy atom. The molecule has 8 nitrogen and oxygen atoms in total. The Hall–Kier alpha value is -2.36. The molecule has 21 heavy (non-hydrogen) atoms. The highest BCUT2D eigenvalue weighted by atomic mass is 79.9. The molecule has 1 aromatic carbocycles. The number of hydrogen-bond donors (Lipinski definition) is 1. The number of nitrogens with zero attached hydrogens (tertiary/aromatic N) is 4. The molecular weight excluding hydrogens is 349 g/mol.